The Labute approximate surface area is 167 Å². The number of amidine groups is 1. The van der Waals surface area contributed by atoms with Crippen molar-refractivity contribution in [2.75, 3.05) is 18.1 Å². The summed E-state index contributed by atoms with van der Waals surface area (Å²) in [6.07, 6.45) is 0.841. The van der Waals surface area contributed by atoms with Crippen LogP contribution in [0.5, 0.6) is 5.75 Å². The summed E-state index contributed by atoms with van der Waals surface area (Å²) in [5, 5.41) is 15.4. The molecule has 1 aliphatic heterocycles. The minimum absolute atomic E-state index is 0.0167. The lowest BCUT2D eigenvalue weighted by atomic mass is 10.2. The molecule has 1 aromatic heterocycles. The molecule has 0 bridgehead atoms. The highest BCUT2D eigenvalue weighted by Crippen LogP contribution is 2.24. The highest BCUT2D eigenvalue weighted by molar-refractivity contribution is 5.96. The third kappa shape index (κ3) is 3.88. The number of nitrogens with two attached hydrogens (primary N) is 1. The first-order valence-electron chi connectivity index (χ1n) is 9.01. The lowest BCUT2D eigenvalue weighted by Gasteiger charge is -2.13. The Kier molecular flexibility index (Phi) is 4.86. The van der Waals surface area contributed by atoms with Crippen molar-refractivity contribution in [1.82, 2.24) is 14.8 Å². The molecule has 2 heterocycles. The zero-order valence-corrected chi connectivity index (χ0v) is 15.8. The van der Waals surface area contributed by atoms with Crippen LogP contribution in [0, 0.1) is 5.41 Å². The molecule has 1 amide bonds. The number of anilines is 1. The molecule has 148 valence electrons. The third-order valence-electron chi connectivity index (χ3n) is 4.62. The van der Waals surface area contributed by atoms with Crippen molar-refractivity contribution in [1.29, 1.82) is 5.41 Å². The van der Waals surface area contributed by atoms with E-state index in [9.17, 15) is 4.79 Å². The van der Waals surface area contributed by atoms with Crippen molar-refractivity contribution in [3.63, 3.8) is 0 Å². The average molecular weight is 392 g/mol. The zero-order chi connectivity index (χ0) is 20.4. The van der Waals surface area contributed by atoms with Crippen LogP contribution in [0.2, 0.25) is 0 Å². The Hall–Kier alpha value is -3.88. The van der Waals surface area contributed by atoms with E-state index in [4.69, 9.17) is 20.6 Å². The number of carbonyl (C=O) groups is 1. The van der Waals surface area contributed by atoms with E-state index in [1.54, 1.807) is 30.6 Å². The summed E-state index contributed by atoms with van der Waals surface area (Å²) >= 11 is 0. The van der Waals surface area contributed by atoms with E-state index in [2.05, 4.69) is 10.2 Å². The Balaban J connectivity index is 1.35. The second-order valence-corrected chi connectivity index (χ2v) is 6.68. The van der Waals surface area contributed by atoms with E-state index in [0.29, 0.717) is 23.5 Å². The molecule has 0 aliphatic carbocycles. The number of nitrogens with zero attached hydrogens (tertiary/aromatic N) is 4. The molecule has 1 atom stereocenters. The number of hydrogen-bond donors (Lipinski definition) is 2. The monoisotopic (exact) mass is 392 g/mol. The molecule has 0 spiro atoms. The van der Waals surface area contributed by atoms with E-state index in [1.165, 1.54) is 4.90 Å². The van der Waals surface area contributed by atoms with E-state index in [0.717, 1.165) is 11.4 Å². The van der Waals surface area contributed by atoms with Crippen molar-refractivity contribution in [2.24, 2.45) is 12.8 Å². The predicted octanol–water partition coefficient (Wildman–Crippen LogP) is 2.17. The summed E-state index contributed by atoms with van der Waals surface area (Å²) in [6, 6.07) is 14.4. The molecule has 4 rings (SSSR count). The normalized spacial score (nSPS) is 16.0. The van der Waals surface area contributed by atoms with E-state index < -0.39 is 6.09 Å². The first-order chi connectivity index (χ1) is 14.0. The maximum absolute atomic E-state index is 12.2. The van der Waals surface area contributed by atoms with Crippen molar-refractivity contribution < 1.29 is 14.3 Å². The Morgan fingerprint density at radius 2 is 1.97 bits per heavy atom. The molecule has 9 heteroatoms. The van der Waals surface area contributed by atoms with Crippen LogP contribution in [0.15, 0.2) is 54.9 Å². The fourth-order valence-electron chi connectivity index (χ4n) is 3.07. The van der Waals surface area contributed by atoms with Crippen molar-refractivity contribution >= 4 is 17.6 Å². The van der Waals surface area contributed by atoms with Crippen LogP contribution >= 0.6 is 0 Å². The summed E-state index contributed by atoms with van der Waals surface area (Å²) in [5.74, 6) is 1.43. The van der Waals surface area contributed by atoms with E-state index in [-0.39, 0.29) is 18.5 Å². The topological polar surface area (TPSA) is 119 Å². The van der Waals surface area contributed by atoms with Gasteiger partial charge in [0.15, 0.2) is 11.9 Å². The summed E-state index contributed by atoms with van der Waals surface area (Å²) in [4.78, 5) is 13.7. The van der Waals surface area contributed by atoms with Gasteiger partial charge in [0, 0.05) is 23.9 Å². The van der Waals surface area contributed by atoms with Crippen LogP contribution in [-0.4, -0.2) is 45.9 Å². The SMILES string of the molecule is Cn1cnnc1-c1ccc(OCC2CN(c3ccc(C(=N)N)cc3)C(=O)O2)cc1. The largest absolute Gasteiger partial charge is 0.490 e. The molecule has 29 heavy (non-hydrogen) atoms. The van der Waals surface area contributed by atoms with Gasteiger partial charge >= 0.3 is 6.09 Å². The highest BCUT2D eigenvalue weighted by atomic mass is 16.6. The smallest absolute Gasteiger partial charge is 0.414 e. The van der Waals surface area contributed by atoms with Gasteiger partial charge in [0.25, 0.3) is 0 Å². The molecule has 1 saturated heterocycles. The molecule has 0 saturated carbocycles. The van der Waals surface area contributed by atoms with Crippen molar-refractivity contribution in [3.05, 3.63) is 60.4 Å². The minimum atomic E-state index is -0.424. The van der Waals surface area contributed by atoms with Gasteiger partial charge in [-0.2, -0.15) is 0 Å². The first-order valence-corrected chi connectivity index (χ1v) is 9.01. The molecule has 1 unspecified atom stereocenters. The van der Waals surface area contributed by atoms with Crippen LogP contribution in [0.3, 0.4) is 0 Å². The number of ether oxygens (including phenoxy) is 2. The minimum Gasteiger partial charge on any atom is -0.490 e. The van der Waals surface area contributed by atoms with Crippen LogP contribution in [0.1, 0.15) is 5.56 Å². The molecular weight excluding hydrogens is 372 g/mol. The molecule has 3 N–H and O–H groups in total. The molecule has 3 aromatic rings. The van der Waals surface area contributed by atoms with Gasteiger partial charge in [-0.1, -0.05) is 0 Å². The number of aromatic nitrogens is 3. The third-order valence-corrected chi connectivity index (χ3v) is 4.62. The summed E-state index contributed by atoms with van der Waals surface area (Å²) in [5.41, 5.74) is 7.69. The Morgan fingerprint density at radius 3 is 2.59 bits per heavy atom. The number of cyclic esters (lactones) is 1. The fraction of sp³-hybridized carbons (Fsp3) is 0.200. The van der Waals surface area contributed by atoms with Crippen molar-refractivity contribution in [2.45, 2.75) is 6.10 Å². The van der Waals surface area contributed by atoms with Crippen LogP contribution in [0.25, 0.3) is 11.4 Å². The number of benzene rings is 2. The van der Waals surface area contributed by atoms with Gasteiger partial charge in [-0.05, 0) is 48.5 Å². The Morgan fingerprint density at radius 1 is 1.24 bits per heavy atom. The first kappa shape index (κ1) is 18.5. The van der Waals surface area contributed by atoms with Gasteiger partial charge in [-0.3, -0.25) is 10.3 Å². The predicted molar refractivity (Wildman–Crippen MR) is 107 cm³/mol. The number of nitrogen functional groups attached to an aromatic ring is 1. The van der Waals surface area contributed by atoms with Gasteiger partial charge in [0.05, 0.1) is 6.54 Å². The lowest BCUT2D eigenvalue weighted by Crippen LogP contribution is -2.26. The number of carbonyl (C=O) groups excluding carboxylic acids is 1. The molecule has 2 aromatic carbocycles. The van der Waals surface area contributed by atoms with E-state index in [1.807, 2.05) is 35.9 Å². The van der Waals surface area contributed by atoms with Crippen LogP contribution < -0.4 is 15.4 Å². The molecule has 1 fully saturated rings. The molecule has 0 radical (unpaired) electrons. The molecule has 1 aliphatic rings. The quantitative estimate of drug-likeness (QED) is 0.490. The maximum Gasteiger partial charge on any atom is 0.414 e. The van der Waals surface area contributed by atoms with Crippen LogP contribution in [-0.2, 0) is 11.8 Å². The summed E-state index contributed by atoms with van der Waals surface area (Å²) in [6.45, 7) is 0.631. The highest BCUT2D eigenvalue weighted by Gasteiger charge is 2.32. The number of nitrogens with one attached hydrogen (secondary N) is 1. The van der Waals surface area contributed by atoms with Gasteiger partial charge in [0.1, 0.15) is 24.5 Å². The number of rotatable bonds is 6. The maximum atomic E-state index is 12.2. The van der Waals surface area contributed by atoms with Gasteiger partial charge < -0.3 is 19.8 Å². The average Bonchev–Trinajstić information content (AvgIpc) is 3.32. The summed E-state index contributed by atoms with van der Waals surface area (Å²) in [7, 11) is 1.88. The number of amides is 1. The van der Waals surface area contributed by atoms with Crippen molar-refractivity contribution in [3.8, 4) is 17.1 Å². The standard InChI is InChI=1S/C20H20N6O3/c1-25-12-23-24-19(25)14-4-8-16(9-5-14)28-11-17-10-26(20(27)29-17)15-6-2-13(3-7-15)18(21)22/h2-9,12,17H,10-11H2,1H3,(H3,21,22). The Bertz CT molecular complexity index is 1030. The second kappa shape index (κ2) is 7.63. The summed E-state index contributed by atoms with van der Waals surface area (Å²) < 4.78 is 13.0. The van der Waals surface area contributed by atoms with E-state index >= 15 is 0 Å². The van der Waals surface area contributed by atoms with Gasteiger partial charge in [0.2, 0.25) is 0 Å². The molecular formula is C20H20N6O3. The fourth-order valence-corrected chi connectivity index (χ4v) is 3.07. The van der Waals surface area contributed by atoms with Gasteiger partial charge in [-0.25, -0.2) is 4.79 Å². The number of hydrogen-bond acceptors (Lipinski definition) is 6. The second-order valence-electron chi connectivity index (χ2n) is 6.68. The lowest BCUT2D eigenvalue weighted by molar-refractivity contribution is 0.105. The molecule has 9 nitrogen and oxygen atoms in total. The van der Waals surface area contributed by atoms with Gasteiger partial charge in [-0.15, -0.1) is 10.2 Å². The van der Waals surface area contributed by atoms with Crippen LogP contribution in [0.4, 0.5) is 10.5 Å². The zero-order valence-electron chi connectivity index (χ0n) is 15.8. The number of aryl methyl sites for hydroxylation is 1.